The number of hydrogen-bond acceptors (Lipinski definition) is 1. The third kappa shape index (κ3) is 18.3. The zero-order chi connectivity index (χ0) is 25.5. The first-order valence-corrected chi connectivity index (χ1v) is 16.1. The highest BCUT2D eigenvalue weighted by Gasteiger charge is 2.36. The summed E-state index contributed by atoms with van der Waals surface area (Å²) in [6, 6.07) is 0. The molecule has 0 aromatic carbocycles. The van der Waals surface area contributed by atoms with Gasteiger partial charge < -0.3 is 0 Å². The molecule has 0 aromatic rings. The van der Waals surface area contributed by atoms with E-state index in [1.54, 1.807) is 0 Å². The molecular formula is C33H69N. The van der Waals surface area contributed by atoms with Crippen LogP contribution in [0.2, 0.25) is 0 Å². The van der Waals surface area contributed by atoms with Crippen molar-refractivity contribution in [2.45, 2.75) is 207 Å². The molecule has 34 heavy (non-hydrogen) atoms. The molecule has 0 atom stereocenters. The Morgan fingerprint density at radius 3 is 0.882 bits per heavy atom. The topological polar surface area (TPSA) is 3.24 Å². The fraction of sp³-hybridized carbons (Fsp3) is 1.00. The number of unbranched alkanes of at least 4 members (excludes halogenated alkanes) is 18. The molecule has 206 valence electrons. The highest BCUT2D eigenvalue weighted by atomic mass is 15.2. The van der Waals surface area contributed by atoms with Crippen molar-refractivity contribution in [3.8, 4) is 0 Å². The Morgan fingerprint density at radius 2 is 0.618 bits per heavy atom. The van der Waals surface area contributed by atoms with Gasteiger partial charge in [-0.25, -0.2) is 0 Å². The molecule has 0 N–H and O–H groups in total. The lowest BCUT2D eigenvalue weighted by atomic mass is 9.85. The molecule has 0 saturated heterocycles. The monoisotopic (exact) mass is 480 g/mol. The van der Waals surface area contributed by atoms with E-state index in [4.69, 9.17) is 0 Å². The van der Waals surface area contributed by atoms with Crippen LogP contribution in [0, 0.1) is 0 Å². The lowest BCUT2D eigenvalue weighted by Gasteiger charge is -2.49. The molecular weight excluding hydrogens is 410 g/mol. The molecule has 1 heteroatoms. The fourth-order valence-corrected chi connectivity index (χ4v) is 6.01. The zero-order valence-electron chi connectivity index (χ0n) is 25.4. The Labute approximate surface area is 218 Å². The van der Waals surface area contributed by atoms with Gasteiger partial charge >= 0.3 is 0 Å². The Hall–Kier alpha value is -0.0400. The van der Waals surface area contributed by atoms with Crippen LogP contribution in [0.25, 0.3) is 0 Å². The average molecular weight is 480 g/mol. The standard InChI is InChI=1S/C33H69N/c1-8-11-13-15-17-19-21-23-25-27-29-32(4,5)34(31-10-3)33(6,7)30-28-26-24-22-20-18-16-14-12-9-2/h8-31H2,1-7H3. The Bertz CT molecular complexity index is 375. The first kappa shape index (κ1) is 34.0. The highest BCUT2D eigenvalue weighted by molar-refractivity contribution is 4.92. The first-order valence-electron chi connectivity index (χ1n) is 16.1. The molecule has 0 bridgehead atoms. The second-order valence-corrected chi connectivity index (χ2v) is 12.6. The van der Waals surface area contributed by atoms with Crippen LogP contribution < -0.4 is 0 Å². The van der Waals surface area contributed by atoms with Crippen molar-refractivity contribution in [1.29, 1.82) is 0 Å². The van der Waals surface area contributed by atoms with Gasteiger partial charge in [0.2, 0.25) is 0 Å². The first-order chi connectivity index (χ1) is 16.3. The van der Waals surface area contributed by atoms with Crippen LogP contribution in [-0.4, -0.2) is 22.5 Å². The lowest BCUT2D eigenvalue weighted by Crippen LogP contribution is -2.55. The van der Waals surface area contributed by atoms with Crippen LogP contribution in [0.3, 0.4) is 0 Å². The van der Waals surface area contributed by atoms with Gasteiger partial charge in [0.1, 0.15) is 0 Å². The third-order valence-electron chi connectivity index (χ3n) is 8.19. The van der Waals surface area contributed by atoms with Gasteiger partial charge in [0.25, 0.3) is 0 Å². The van der Waals surface area contributed by atoms with E-state index in [0.717, 1.165) is 0 Å². The molecule has 0 fully saturated rings. The van der Waals surface area contributed by atoms with E-state index in [9.17, 15) is 0 Å². The van der Waals surface area contributed by atoms with Gasteiger partial charge in [-0.05, 0) is 53.5 Å². The lowest BCUT2D eigenvalue weighted by molar-refractivity contribution is 0.00311. The maximum absolute atomic E-state index is 2.88. The molecule has 0 spiro atoms. The van der Waals surface area contributed by atoms with Crippen molar-refractivity contribution in [2.75, 3.05) is 6.54 Å². The predicted octanol–water partition coefficient (Wildman–Crippen LogP) is 11.9. The minimum absolute atomic E-state index is 0.318. The molecule has 0 rings (SSSR count). The smallest absolute Gasteiger partial charge is 0.0158 e. The van der Waals surface area contributed by atoms with E-state index < -0.39 is 0 Å². The Morgan fingerprint density at radius 1 is 0.353 bits per heavy atom. The van der Waals surface area contributed by atoms with Crippen LogP contribution in [0.5, 0.6) is 0 Å². The summed E-state index contributed by atoms with van der Waals surface area (Å²) in [6.07, 6.45) is 32.7. The number of rotatable bonds is 26. The van der Waals surface area contributed by atoms with Gasteiger partial charge in [-0.2, -0.15) is 0 Å². The van der Waals surface area contributed by atoms with Gasteiger partial charge in [0.15, 0.2) is 0 Å². The highest BCUT2D eigenvalue weighted by Crippen LogP contribution is 2.33. The summed E-state index contributed by atoms with van der Waals surface area (Å²) < 4.78 is 0. The van der Waals surface area contributed by atoms with E-state index in [0.29, 0.717) is 11.1 Å². The molecule has 0 aliphatic carbocycles. The van der Waals surface area contributed by atoms with E-state index in [2.05, 4.69) is 53.4 Å². The molecule has 0 unspecified atom stereocenters. The molecule has 0 saturated carbocycles. The quantitative estimate of drug-likeness (QED) is 0.111. The van der Waals surface area contributed by atoms with E-state index in [1.165, 1.54) is 154 Å². The number of nitrogens with zero attached hydrogens (tertiary/aromatic N) is 1. The van der Waals surface area contributed by atoms with Gasteiger partial charge in [-0.3, -0.25) is 4.90 Å². The van der Waals surface area contributed by atoms with Crippen molar-refractivity contribution >= 4 is 0 Å². The second kappa shape index (κ2) is 22.2. The summed E-state index contributed by atoms with van der Waals surface area (Å²) in [4.78, 5) is 2.88. The summed E-state index contributed by atoms with van der Waals surface area (Å²) in [5.74, 6) is 0. The Kier molecular flexibility index (Phi) is 22.2. The predicted molar refractivity (Wildman–Crippen MR) is 158 cm³/mol. The molecule has 1 nitrogen and oxygen atoms in total. The van der Waals surface area contributed by atoms with Crippen molar-refractivity contribution in [3.05, 3.63) is 0 Å². The largest absolute Gasteiger partial charge is 0.293 e. The van der Waals surface area contributed by atoms with Crippen LogP contribution >= 0.6 is 0 Å². The van der Waals surface area contributed by atoms with Crippen molar-refractivity contribution < 1.29 is 0 Å². The molecule has 0 aliphatic heterocycles. The van der Waals surface area contributed by atoms with Crippen molar-refractivity contribution in [2.24, 2.45) is 0 Å². The van der Waals surface area contributed by atoms with E-state index in [-0.39, 0.29) is 0 Å². The fourth-order valence-electron chi connectivity index (χ4n) is 6.01. The van der Waals surface area contributed by atoms with Gasteiger partial charge in [-0.1, -0.05) is 149 Å². The van der Waals surface area contributed by atoms with Crippen LogP contribution in [0.1, 0.15) is 196 Å². The van der Waals surface area contributed by atoms with E-state index >= 15 is 0 Å². The zero-order valence-corrected chi connectivity index (χ0v) is 25.4. The number of hydrogen-bond donors (Lipinski definition) is 0. The van der Waals surface area contributed by atoms with Gasteiger partial charge in [0.05, 0.1) is 0 Å². The van der Waals surface area contributed by atoms with Gasteiger partial charge in [0, 0.05) is 11.1 Å². The molecule has 0 heterocycles. The summed E-state index contributed by atoms with van der Waals surface area (Å²) in [5.41, 5.74) is 0.635. The van der Waals surface area contributed by atoms with Crippen LogP contribution in [-0.2, 0) is 0 Å². The maximum atomic E-state index is 2.88. The van der Waals surface area contributed by atoms with Crippen LogP contribution in [0.4, 0.5) is 0 Å². The van der Waals surface area contributed by atoms with Gasteiger partial charge in [-0.15, -0.1) is 0 Å². The second-order valence-electron chi connectivity index (χ2n) is 12.6. The average Bonchev–Trinajstić information content (AvgIpc) is 2.79. The summed E-state index contributed by atoms with van der Waals surface area (Å²) in [6.45, 7) is 18.3. The molecule has 0 aromatic heterocycles. The Balaban J connectivity index is 4.14. The van der Waals surface area contributed by atoms with Crippen molar-refractivity contribution in [1.82, 2.24) is 4.90 Å². The minimum Gasteiger partial charge on any atom is -0.293 e. The van der Waals surface area contributed by atoms with E-state index in [1.807, 2.05) is 0 Å². The SMILES string of the molecule is CCCCCCCCCCCCC(C)(C)N(CCC)C(C)(C)CCCCCCCCCCCC. The van der Waals surface area contributed by atoms with Crippen LogP contribution in [0.15, 0.2) is 0 Å². The molecule has 0 aliphatic rings. The maximum Gasteiger partial charge on any atom is 0.0158 e. The summed E-state index contributed by atoms with van der Waals surface area (Å²) in [5, 5.41) is 0. The van der Waals surface area contributed by atoms with Crippen molar-refractivity contribution in [3.63, 3.8) is 0 Å². The summed E-state index contributed by atoms with van der Waals surface area (Å²) >= 11 is 0. The molecule has 0 radical (unpaired) electrons. The molecule has 0 amide bonds. The summed E-state index contributed by atoms with van der Waals surface area (Å²) in [7, 11) is 0. The third-order valence-corrected chi connectivity index (χ3v) is 8.19. The minimum atomic E-state index is 0.318. The normalized spacial score (nSPS) is 12.7.